The molecule has 0 spiro atoms. The zero-order valence-corrected chi connectivity index (χ0v) is 22.3. The molecule has 3 aromatic heterocycles. The second-order valence-electron chi connectivity index (χ2n) is 9.52. The van der Waals surface area contributed by atoms with Gasteiger partial charge >= 0.3 is 0 Å². The standard InChI is InChI=1S/C24H23ClN8OS2/c1-24(2)8-16-20(17(34)9-24)19(14(10-26)22(27)33(16)15-5-4-6-28-21(15)25)18-7-13(11-35-18)12-36-23-29-30-31-32(23)3/h4-7,11,19H,8-9,12,27H2,1-3H3. The maximum atomic E-state index is 13.7. The average molecular weight is 539 g/mol. The molecule has 36 heavy (non-hydrogen) atoms. The van der Waals surface area contributed by atoms with E-state index in [0.717, 1.165) is 16.1 Å². The van der Waals surface area contributed by atoms with Gasteiger partial charge in [0.15, 0.2) is 10.9 Å². The van der Waals surface area contributed by atoms with E-state index in [-0.39, 0.29) is 22.2 Å². The zero-order valence-electron chi connectivity index (χ0n) is 19.9. The van der Waals surface area contributed by atoms with Gasteiger partial charge in [-0.2, -0.15) is 5.26 Å². The molecule has 1 atom stereocenters. The Labute approximate surface area is 221 Å². The molecular formula is C24H23ClN8OS2. The molecule has 1 unspecified atom stereocenters. The second-order valence-corrected chi connectivity index (χ2v) is 11.8. The van der Waals surface area contributed by atoms with Gasteiger partial charge in [-0.3, -0.25) is 9.69 Å². The van der Waals surface area contributed by atoms with Crippen molar-refractivity contribution in [3.05, 3.63) is 68.0 Å². The molecule has 0 aromatic carbocycles. The molecule has 12 heteroatoms. The van der Waals surface area contributed by atoms with Crippen LogP contribution in [0.25, 0.3) is 0 Å². The molecule has 3 aromatic rings. The summed E-state index contributed by atoms with van der Waals surface area (Å²) in [7, 11) is 1.79. The number of aryl methyl sites for hydroxylation is 1. The molecule has 0 radical (unpaired) electrons. The first-order chi connectivity index (χ1) is 17.2. The summed E-state index contributed by atoms with van der Waals surface area (Å²) >= 11 is 9.50. The van der Waals surface area contributed by atoms with Crippen LogP contribution in [0.3, 0.4) is 0 Å². The van der Waals surface area contributed by atoms with Crippen molar-refractivity contribution in [1.29, 1.82) is 5.26 Å². The maximum absolute atomic E-state index is 13.7. The van der Waals surface area contributed by atoms with Crippen LogP contribution >= 0.6 is 34.7 Å². The highest BCUT2D eigenvalue weighted by molar-refractivity contribution is 7.98. The third-order valence-corrected chi connectivity index (χ3v) is 8.69. The molecule has 2 N–H and O–H groups in total. The summed E-state index contributed by atoms with van der Waals surface area (Å²) in [6.07, 6.45) is 2.60. The van der Waals surface area contributed by atoms with Crippen LogP contribution in [0.4, 0.5) is 5.69 Å². The number of thiophene rings is 1. The predicted octanol–water partition coefficient (Wildman–Crippen LogP) is 4.55. The van der Waals surface area contributed by atoms with E-state index in [0.29, 0.717) is 40.6 Å². The number of anilines is 1. The fourth-order valence-electron chi connectivity index (χ4n) is 4.73. The average Bonchev–Trinajstić information content (AvgIpc) is 3.45. The van der Waals surface area contributed by atoms with E-state index in [4.69, 9.17) is 17.3 Å². The van der Waals surface area contributed by atoms with Gasteiger partial charge in [0.1, 0.15) is 5.82 Å². The molecule has 2 aliphatic rings. The monoisotopic (exact) mass is 538 g/mol. The Morgan fingerprint density at radius 1 is 1.39 bits per heavy atom. The van der Waals surface area contributed by atoms with E-state index >= 15 is 0 Å². The van der Waals surface area contributed by atoms with Gasteiger partial charge in [-0.15, -0.1) is 16.4 Å². The lowest BCUT2D eigenvalue weighted by Crippen LogP contribution is -2.42. The van der Waals surface area contributed by atoms with Crippen molar-refractivity contribution in [2.24, 2.45) is 18.2 Å². The molecule has 0 fully saturated rings. The number of Topliss-reactive ketones (excluding diaryl/α,β-unsaturated/α-hetero) is 1. The minimum Gasteiger partial charge on any atom is -0.384 e. The van der Waals surface area contributed by atoms with Crippen molar-refractivity contribution < 1.29 is 4.79 Å². The smallest absolute Gasteiger partial charge is 0.209 e. The van der Waals surface area contributed by atoms with Crippen molar-refractivity contribution in [1.82, 2.24) is 25.2 Å². The Morgan fingerprint density at radius 3 is 2.89 bits per heavy atom. The Bertz CT molecular complexity index is 1460. The van der Waals surface area contributed by atoms with Crippen LogP contribution in [0, 0.1) is 16.7 Å². The maximum Gasteiger partial charge on any atom is 0.209 e. The molecule has 4 heterocycles. The number of tetrazole rings is 1. The summed E-state index contributed by atoms with van der Waals surface area (Å²) in [5, 5.41) is 24.8. The van der Waals surface area contributed by atoms with Gasteiger partial charge in [-0.1, -0.05) is 37.2 Å². The highest BCUT2D eigenvalue weighted by atomic mass is 35.5. The van der Waals surface area contributed by atoms with E-state index in [1.165, 1.54) is 23.1 Å². The number of hydrogen-bond acceptors (Lipinski definition) is 10. The van der Waals surface area contributed by atoms with Gasteiger partial charge in [0, 0.05) is 41.6 Å². The number of hydrogen-bond donors (Lipinski definition) is 1. The fraction of sp³-hybridized carbons (Fsp3) is 0.333. The van der Waals surface area contributed by atoms with Gasteiger partial charge in [0.05, 0.1) is 23.2 Å². The van der Waals surface area contributed by atoms with Crippen molar-refractivity contribution in [3.63, 3.8) is 0 Å². The van der Waals surface area contributed by atoms with Crippen molar-refractivity contribution in [2.45, 2.75) is 43.5 Å². The Hall–Kier alpha value is -3.20. The topological polar surface area (TPSA) is 127 Å². The molecule has 0 saturated heterocycles. The number of pyridine rings is 1. The van der Waals surface area contributed by atoms with Crippen LogP contribution < -0.4 is 10.6 Å². The normalized spacial score (nSPS) is 19.5. The largest absolute Gasteiger partial charge is 0.384 e. The van der Waals surface area contributed by atoms with E-state index in [2.05, 4.69) is 40.4 Å². The summed E-state index contributed by atoms with van der Waals surface area (Å²) in [5.74, 6) is 0.422. The van der Waals surface area contributed by atoms with E-state index in [1.807, 2.05) is 11.4 Å². The number of ketones is 1. The SMILES string of the molecule is Cn1nnnc1SCc1csc(C2C(C#N)=C(N)N(c3cccnc3Cl)C3=C2C(=O)CC(C)(C)C3)c1. The first-order valence-electron chi connectivity index (χ1n) is 11.2. The highest BCUT2D eigenvalue weighted by Gasteiger charge is 2.45. The Kier molecular flexibility index (Phi) is 6.36. The van der Waals surface area contributed by atoms with Gasteiger partial charge < -0.3 is 5.73 Å². The van der Waals surface area contributed by atoms with Crippen LogP contribution in [-0.2, 0) is 17.6 Å². The summed E-state index contributed by atoms with van der Waals surface area (Å²) in [4.78, 5) is 20.5. The first kappa shape index (κ1) is 24.5. The van der Waals surface area contributed by atoms with Crippen LogP contribution in [0.5, 0.6) is 0 Å². The van der Waals surface area contributed by atoms with Crippen LogP contribution in [0.15, 0.2) is 57.6 Å². The zero-order chi connectivity index (χ0) is 25.6. The van der Waals surface area contributed by atoms with Gasteiger partial charge in [-0.05, 0) is 51.4 Å². The molecule has 0 saturated carbocycles. The lowest BCUT2D eigenvalue weighted by Gasteiger charge is -2.43. The number of allylic oxidation sites excluding steroid dienone is 3. The summed E-state index contributed by atoms with van der Waals surface area (Å²) in [6, 6.07) is 7.91. The van der Waals surface area contributed by atoms with Gasteiger partial charge in [-0.25, -0.2) is 9.67 Å². The van der Waals surface area contributed by atoms with Gasteiger partial charge in [0.25, 0.3) is 0 Å². The number of nitriles is 1. The molecule has 5 rings (SSSR count). The number of nitrogens with two attached hydrogens (primary N) is 1. The predicted molar refractivity (Wildman–Crippen MR) is 139 cm³/mol. The number of rotatable bonds is 5. The minimum absolute atomic E-state index is 0.0194. The minimum atomic E-state index is -0.527. The van der Waals surface area contributed by atoms with Gasteiger partial charge in [0.2, 0.25) is 5.16 Å². The highest BCUT2D eigenvalue weighted by Crippen LogP contribution is 2.51. The van der Waals surface area contributed by atoms with Crippen LogP contribution in [0.2, 0.25) is 5.15 Å². The third-order valence-electron chi connectivity index (χ3n) is 6.27. The van der Waals surface area contributed by atoms with E-state index in [9.17, 15) is 10.1 Å². The molecule has 9 nitrogen and oxygen atoms in total. The summed E-state index contributed by atoms with van der Waals surface area (Å²) in [5.41, 5.74) is 9.75. The second kappa shape index (κ2) is 9.35. The third kappa shape index (κ3) is 4.30. The first-order valence-corrected chi connectivity index (χ1v) is 13.4. The Morgan fingerprint density at radius 2 is 2.19 bits per heavy atom. The van der Waals surface area contributed by atoms with E-state index < -0.39 is 5.92 Å². The number of carbonyl (C=O) groups excluding carboxylic acids is 1. The molecule has 1 aliphatic heterocycles. The van der Waals surface area contributed by atoms with Crippen molar-refractivity contribution in [3.8, 4) is 6.07 Å². The number of carbonyl (C=O) groups is 1. The molecule has 0 amide bonds. The van der Waals surface area contributed by atoms with Crippen molar-refractivity contribution in [2.75, 3.05) is 4.90 Å². The van der Waals surface area contributed by atoms with Crippen molar-refractivity contribution >= 4 is 46.2 Å². The fourth-order valence-corrected chi connectivity index (χ4v) is 6.85. The molecule has 0 bridgehead atoms. The lowest BCUT2D eigenvalue weighted by atomic mass is 9.69. The van der Waals surface area contributed by atoms with E-state index in [1.54, 1.807) is 35.0 Å². The number of aromatic nitrogens is 5. The Balaban J connectivity index is 1.60. The number of nitrogens with zero attached hydrogens (tertiary/aromatic N) is 7. The summed E-state index contributed by atoms with van der Waals surface area (Å²) < 4.78 is 1.62. The molecular weight excluding hydrogens is 516 g/mol. The number of thioether (sulfide) groups is 1. The summed E-state index contributed by atoms with van der Waals surface area (Å²) in [6.45, 7) is 4.13. The number of halogens is 1. The molecule has 1 aliphatic carbocycles. The lowest BCUT2D eigenvalue weighted by molar-refractivity contribution is -0.118. The quantitative estimate of drug-likeness (QED) is 0.367. The van der Waals surface area contributed by atoms with Crippen LogP contribution in [0.1, 0.15) is 43.0 Å². The molecule has 184 valence electrons. The van der Waals surface area contributed by atoms with Crippen LogP contribution in [-0.4, -0.2) is 31.0 Å².